The summed E-state index contributed by atoms with van der Waals surface area (Å²) in [5, 5.41) is 10.4. The predicted octanol–water partition coefficient (Wildman–Crippen LogP) is 16.4. The fourth-order valence-corrected chi connectivity index (χ4v) is 10.1. The highest BCUT2D eigenvalue weighted by Gasteiger charge is 2.25. The first-order chi connectivity index (χ1) is 30.3. The second-order valence-corrected chi connectivity index (χ2v) is 15.9. The van der Waals surface area contributed by atoms with Gasteiger partial charge in [0.25, 0.3) is 0 Å². The van der Waals surface area contributed by atoms with Crippen molar-refractivity contribution in [2.24, 2.45) is 0 Å². The molecule has 0 atom stereocenters. The highest BCUT2D eigenvalue weighted by Crippen LogP contribution is 2.50. The quantitative estimate of drug-likeness (QED) is 0.163. The topological polar surface area (TPSA) is 31.2 Å². The number of benzene rings is 10. The summed E-state index contributed by atoms with van der Waals surface area (Å²) in [4.78, 5) is 0. The normalized spacial score (nSPS) is 11.9. The van der Waals surface area contributed by atoms with Crippen LogP contribution in [-0.2, 0) is 0 Å². The molecule has 0 fully saturated rings. The molecule has 284 valence electrons. The molecule has 13 aromatic rings. The molecule has 0 N–H and O–H groups in total. The van der Waals surface area contributed by atoms with Crippen LogP contribution >= 0.6 is 0 Å². The van der Waals surface area contributed by atoms with Crippen molar-refractivity contribution >= 4 is 76.3 Å². The number of para-hydroxylation sites is 2. The van der Waals surface area contributed by atoms with E-state index >= 15 is 0 Å². The molecule has 3 heteroatoms. The zero-order valence-electron chi connectivity index (χ0n) is 33.0. The smallest absolute Gasteiger partial charge is 0.147 e. The van der Waals surface area contributed by atoms with E-state index in [1.807, 2.05) is 6.07 Å². The average Bonchev–Trinajstić information content (AvgIpc) is 4.01. The standard InChI is InChI=1S/C58H35NO2/c1-4-17-36(18-5-1)53-56-51(60-57(53)37-19-6-2-7-20-37)34-33-47-55-46(28-16-30-50(55)61-58(47)56)54-44-26-12-10-24-42(44)52(43-25-11-13-27-45(43)54)38-31-32-41-40-23-14-15-29-48(40)59(49(41)35-38)39-21-8-3-9-22-39/h1-35H. The summed E-state index contributed by atoms with van der Waals surface area (Å²) < 4.78 is 16.2. The van der Waals surface area contributed by atoms with Gasteiger partial charge in [0.15, 0.2) is 0 Å². The van der Waals surface area contributed by atoms with E-state index in [0.717, 1.165) is 66.6 Å². The van der Waals surface area contributed by atoms with Crippen LogP contribution in [0.2, 0.25) is 0 Å². The number of rotatable bonds is 5. The Labute approximate surface area is 350 Å². The van der Waals surface area contributed by atoms with E-state index in [-0.39, 0.29) is 0 Å². The molecular formula is C58H35NO2. The lowest BCUT2D eigenvalue weighted by atomic mass is 9.84. The largest absolute Gasteiger partial charge is 0.455 e. The molecule has 13 rings (SSSR count). The van der Waals surface area contributed by atoms with Crippen LogP contribution in [0.5, 0.6) is 0 Å². The summed E-state index contributed by atoms with van der Waals surface area (Å²) >= 11 is 0. The van der Waals surface area contributed by atoms with E-state index < -0.39 is 0 Å². The lowest BCUT2D eigenvalue weighted by molar-refractivity contribution is 0.631. The number of furan rings is 2. The lowest BCUT2D eigenvalue weighted by Crippen LogP contribution is -1.94. The monoisotopic (exact) mass is 777 g/mol. The molecule has 3 aromatic heterocycles. The second-order valence-electron chi connectivity index (χ2n) is 15.9. The van der Waals surface area contributed by atoms with Gasteiger partial charge in [0, 0.05) is 38.4 Å². The minimum atomic E-state index is 0.800. The first kappa shape index (κ1) is 33.8. The maximum atomic E-state index is 7.01. The highest BCUT2D eigenvalue weighted by molar-refractivity contribution is 6.28. The summed E-state index contributed by atoms with van der Waals surface area (Å²) in [5.41, 5.74) is 13.9. The van der Waals surface area contributed by atoms with Crippen LogP contribution in [0.3, 0.4) is 0 Å². The molecule has 10 aromatic carbocycles. The Balaban J connectivity index is 1.09. The Morgan fingerprint density at radius 3 is 1.57 bits per heavy atom. The van der Waals surface area contributed by atoms with Crippen LogP contribution in [0.15, 0.2) is 221 Å². The fraction of sp³-hybridized carbons (Fsp3) is 0. The summed E-state index contributed by atoms with van der Waals surface area (Å²) in [6.07, 6.45) is 0. The molecule has 0 radical (unpaired) electrons. The summed E-state index contributed by atoms with van der Waals surface area (Å²) in [6, 6.07) is 76.0. The number of hydrogen-bond donors (Lipinski definition) is 0. The molecular weight excluding hydrogens is 743 g/mol. The number of hydrogen-bond acceptors (Lipinski definition) is 2. The third-order valence-electron chi connectivity index (χ3n) is 12.6. The van der Waals surface area contributed by atoms with Crippen LogP contribution in [0.4, 0.5) is 0 Å². The Bertz CT molecular complexity index is 3800. The van der Waals surface area contributed by atoms with Crippen LogP contribution in [0, 0.1) is 0 Å². The Morgan fingerprint density at radius 2 is 0.869 bits per heavy atom. The minimum Gasteiger partial charge on any atom is -0.455 e. The van der Waals surface area contributed by atoms with Gasteiger partial charge in [-0.05, 0) is 91.8 Å². The van der Waals surface area contributed by atoms with E-state index in [4.69, 9.17) is 8.83 Å². The fourth-order valence-electron chi connectivity index (χ4n) is 10.1. The summed E-state index contributed by atoms with van der Waals surface area (Å²) in [6.45, 7) is 0. The van der Waals surface area contributed by atoms with Crippen molar-refractivity contribution in [2.75, 3.05) is 0 Å². The highest BCUT2D eigenvalue weighted by atomic mass is 16.3. The maximum Gasteiger partial charge on any atom is 0.147 e. The third kappa shape index (κ3) is 4.98. The van der Waals surface area contributed by atoms with E-state index in [1.165, 1.54) is 60.0 Å². The van der Waals surface area contributed by atoms with Gasteiger partial charge >= 0.3 is 0 Å². The van der Waals surface area contributed by atoms with Crippen molar-refractivity contribution in [3.8, 4) is 50.4 Å². The second kappa shape index (κ2) is 13.2. The summed E-state index contributed by atoms with van der Waals surface area (Å²) in [5.74, 6) is 0.838. The number of aromatic nitrogens is 1. The van der Waals surface area contributed by atoms with Crippen molar-refractivity contribution < 1.29 is 8.83 Å². The molecule has 3 heterocycles. The average molecular weight is 778 g/mol. The molecule has 0 aliphatic heterocycles. The molecule has 0 amide bonds. The van der Waals surface area contributed by atoms with Gasteiger partial charge in [0.05, 0.1) is 16.4 Å². The molecule has 0 saturated heterocycles. The molecule has 61 heavy (non-hydrogen) atoms. The molecule has 0 aliphatic carbocycles. The molecule has 0 unspecified atom stereocenters. The van der Waals surface area contributed by atoms with Crippen molar-refractivity contribution in [1.29, 1.82) is 0 Å². The lowest BCUT2D eigenvalue weighted by Gasteiger charge is -2.18. The van der Waals surface area contributed by atoms with Crippen molar-refractivity contribution in [3.05, 3.63) is 212 Å². The number of nitrogens with zero attached hydrogens (tertiary/aromatic N) is 1. The van der Waals surface area contributed by atoms with E-state index in [1.54, 1.807) is 0 Å². The first-order valence-electron chi connectivity index (χ1n) is 20.8. The van der Waals surface area contributed by atoms with Crippen molar-refractivity contribution in [3.63, 3.8) is 0 Å². The Morgan fingerprint density at radius 1 is 0.311 bits per heavy atom. The van der Waals surface area contributed by atoms with Gasteiger partial charge in [-0.3, -0.25) is 0 Å². The van der Waals surface area contributed by atoms with Gasteiger partial charge in [-0.25, -0.2) is 0 Å². The number of fused-ring (bicyclic) bond motifs is 10. The third-order valence-corrected chi connectivity index (χ3v) is 12.6. The molecule has 0 bridgehead atoms. The van der Waals surface area contributed by atoms with Crippen molar-refractivity contribution in [1.82, 2.24) is 4.57 Å². The van der Waals surface area contributed by atoms with Gasteiger partial charge in [0.2, 0.25) is 0 Å². The zero-order chi connectivity index (χ0) is 40.0. The Hall–Kier alpha value is -8.14. The molecule has 0 saturated carbocycles. The maximum absolute atomic E-state index is 7.01. The Kier molecular flexibility index (Phi) is 7.31. The molecule has 0 spiro atoms. The zero-order valence-corrected chi connectivity index (χ0v) is 33.0. The molecule has 3 nitrogen and oxygen atoms in total. The van der Waals surface area contributed by atoms with Crippen LogP contribution in [0.1, 0.15) is 0 Å². The summed E-state index contributed by atoms with van der Waals surface area (Å²) in [7, 11) is 0. The van der Waals surface area contributed by atoms with Gasteiger partial charge in [-0.1, -0.05) is 170 Å². The molecule has 0 aliphatic rings. The first-order valence-corrected chi connectivity index (χ1v) is 20.8. The van der Waals surface area contributed by atoms with E-state index in [9.17, 15) is 0 Å². The predicted molar refractivity (Wildman–Crippen MR) is 255 cm³/mol. The van der Waals surface area contributed by atoms with Crippen molar-refractivity contribution in [2.45, 2.75) is 0 Å². The van der Waals surface area contributed by atoms with Crippen LogP contribution in [-0.4, -0.2) is 4.57 Å². The van der Waals surface area contributed by atoms with E-state index in [2.05, 4.69) is 211 Å². The van der Waals surface area contributed by atoms with Gasteiger partial charge in [0.1, 0.15) is 22.5 Å². The van der Waals surface area contributed by atoms with Gasteiger partial charge in [-0.2, -0.15) is 0 Å². The van der Waals surface area contributed by atoms with E-state index in [0.29, 0.717) is 0 Å². The van der Waals surface area contributed by atoms with Gasteiger partial charge < -0.3 is 13.4 Å². The minimum absolute atomic E-state index is 0.800. The van der Waals surface area contributed by atoms with Gasteiger partial charge in [-0.15, -0.1) is 0 Å². The SMILES string of the molecule is c1ccc(-c2oc3ccc4c(oc5cccc(-c6c7ccccc7c(-c7ccc8c9ccccc9n(-c9ccccc9)c8c7)c7ccccc67)c54)c3c2-c2ccccc2)cc1. The van der Waals surface area contributed by atoms with Crippen LogP contribution in [0.25, 0.3) is 127 Å². The van der Waals surface area contributed by atoms with Crippen LogP contribution < -0.4 is 0 Å².